The van der Waals surface area contributed by atoms with E-state index in [-0.39, 0.29) is 11.5 Å². The summed E-state index contributed by atoms with van der Waals surface area (Å²) in [6.07, 6.45) is 3.70. The number of aryl methyl sites for hydroxylation is 1. The lowest BCUT2D eigenvalue weighted by molar-refractivity contribution is -0.0594. The Bertz CT molecular complexity index is 805. The zero-order chi connectivity index (χ0) is 18.7. The summed E-state index contributed by atoms with van der Waals surface area (Å²) in [4.78, 5) is 18.9. The Morgan fingerprint density at radius 1 is 1.33 bits per heavy atom. The van der Waals surface area contributed by atoms with E-state index in [1.54, 1.807) is 13.3 Å². The number of carbonyl (C=O) groups is 1. The maximum absolute atomic E-state index is 12.1. The number of amides is 1. The molecule has 0 radical (unpaired) electrons. The fourth-order valence-electron chi connectivity index (χ4n) is 4.02. The number of carbonyl (C=O) groups excluding carboxylic acids is 1. The molecule has 1 N–H and O–H groups in total. The van der Waals surface area contributed by atoms with Crippen molar-refractivity contribution in [2.45, 2.75) is 18.4 Å². The van der Waals surface area contributed by atoms with E-state index in [2.05, 4.69) is 39.5 Å². The molecule has 1 fully saturated rings. The van der Waals surface area contributed by atoms with Gasteiger partial charge in [-0.2, -0.15) is 0 Å². The molecule has 1 amide bonds. The third kappa shape index (κ3) is 3.55. The van der Waals surface area contributed by atoms with E-state index in [9.17, 15) is 4.79 Å². The number of hydrogen-bond donors (Lipinski definition) is 1. The number of hydrogen-bond acceptors (Lipinski definition) is 5. The molecule has 2 heterocycles. The molecule has 1 atom stereocenters. The third-order valence-electron chi connectivity index (χ3n) is 5.42. The van der Waals surface area contributed by atoms with Crippen LogP contribution in [-0.4, -0.2) is 50.8 Å². The fraction of sp³-hybridized carbons (Fsp3) is 0.429. The van der Waals surface area contributed by atoms with Gasteiger partial charge in [-0.15, -0.1) is 0 Å². The van der Waals surface area contributed by atoms with Crippen LogP contribution in [-0.2, 0) is 21.5 Å². The molecular formula is C21H25N3O3. The summed E-state index contributed by atoms with van der Waals surface area (Å²) in [5, 5.41) is 2.81. The van der Waals surface area contributed by atoms with Crippen LogP contribution in [0.1, 0.15) is 27.9 Å². The number of methoxy groups -OCH3 is 1. The molecule has 4 rings (SSSR count). The minimum absolute atomic E-state index is 0.130. The van der Waals surface area contributed by atoms with E-state index in [0.29, 0.717) is 25.3 Å². The fourth-order valence-corrected chi connectivity index (χ4v) is 4.02. The number of aromatic nitrogens is 1. The van der Waals surface area contributed by atoms with Gasteiger partial charge in [0.15, 0.2) is 0 Å². The summed E-state index contributed by atoms with van der Waals surface area (Å²) in [6.45, 7) is 3.25. The molecule has 1 aromatic heterocycles. The summed E-state index contributed by atoms with van der Waals surface area (Å²) in [6, 6.07) is 12.3. The molecule has 1 aromatic carbocycles. The van der Waals surface area contributed by atoms with Crippen molar-refractivity contribution in [1.29, 1.82) is 0 Å². The van der Waals surface area contributed by atoms with Gasteiger partial charge in [0.05, 0.1) is 25.3 Å². The molecule has 0 bridgehead atoms. The molecule has 1 aliphatic carbocycles. The molecule has 142 valence electrons. The Morgan fingerprint density at radius 3 is 3.04 bits per heavy atom. The predicted octanol–water partition coefficient (Wildman–Crippen LogP) is 2.14. The van der Waals surface area contributed by atoms with Crippen molar-refractivity contribution in [3.63, 3.8) is 0 Å². The topological polar surface area (TPSA) is 63.7 Å². The lowest BCUT2D eigenvalue weighted by Gasteiger charge is -2.41. The van der Waals surface area contributed by atoms with E-state index in [1.165, 1.54) is 11.1 Å². The molecule has 2 aliphatic rings. The van der Waals surface area contributed by atoms with Crippen molar-refractivity contribution in [2.24, 2.45) is 0 Å². The van der Waals surface area contributed by atoms with E-state index in [1.807, 2.05) is 12.1 Å². The second-order valence-corrected chi connectivity index (χ2v) is 7.08. The van der Waals surface area contributed by atoms with Crippen LogP contribution >= 0.6 is 0 Å². The molecule has 1 unspecified atom stereocenters. The van der Waals surface area contributed by atoms with Crippen LogP contribution in [0, 0.1) is 0 Å². The maximum atomic E-state index is 12.1. The van der Waals surface area contributed by atoms with E-state index in [0.717, 1.165) is 31.7 Å². The first-order valence-electron chi connectivity index (χ1n) is 9.42. The smallest absolute Gasteiger partial charge is 0.252 e. The van der Waals surface area contributed by atoms with Crippen molar-refractivity contribution in [3.05, 3.63) is 59.3 Å². The molecule has 0 saturated carbocycles. The van der Waals surface area contributed by atoms with Crippen molar-refractivity contribution in [3.8, 4) is 0 Å². The molecule has 2 aromatic rings. The highest BCUT2D eigenvalue weighted by atomic mass is 16.5. The zero-order valence-corrected chi connectivity index (χ0v) is 15.6. The van der Waals surface area contributed by atoms with Gasteiger partial charge in [-0.3, -0.25) is 4.79 Å². The SMILES string of the molecule is COCCNC(=O)c1ccc(N2CCOC3(CCc4ccccc43)C2)nc1. The van der Waals surface area contributed by atoms with Crippen LogP contribution in [0.15, 0.2) is 42.6 Å². The molecule has 6 heteroatoms. The molecular weight excluding hydrogens is 342 g/mol. The molecule has 6 nitrogen and oxygen atoms in total. The first kappa shape index (κ1) is 17.9. The number of ether oxygens (including phenoxy) is 2. The van der Waals surface area contributed by atoms with Gasteiger partial charge in [0.1, 0.15) is 11.4 Å². The van der Waals surface area contributed by atoms with E-state index < -0.39 is 0 Å². The Kier molecular flexibility index (Phi) is 5.09. The van der Waals surface area contributed by atoms with Gasteiger partial charge in [-0.25, -0.2) is 4.98 Å². The summed E-state index contributed by atoms with van der Waals surface area (Å²) >= 11 is 0. The van der Waals surface area contributed by atoms with Crippen LogP contribution < -0.4 is 10.2 Å². The van der Waals surface area contributed by atoms with E-state index in [4.69, 9.17) is 9.47 Å². The standard InChI is InChI=1S/C21H25N3O3/c1-26-12-10-22-20(25)17-6-7-19(23-14-17)24-11-13-27-21(15-24)9-8-16-4-2-3-5-18(16)21/h2-7,14H,8-13,15H2,1H3,(H,22,25). The number of fused-ring (bicyclic) bond motifs is 2. The second kappa shape index (κ2) is 7.66. The largest absolute Gasteiger partial charge is 0.383 e. The Balaban J connectivity index is 1.47. The highest BCUT2D eigenvalue weighted by molar-refractivity contribution is 5.94. The molecule has 27 heavy (non-hydrogen) atoms. The maximum Gasteiger partial charge on any atom is 0.252 e. The zero-order valence-electron chi connectivity index (χ0n) is 15.6. The average molecular weight is 367 g/mol. The summed E-state index contributed by atoms with van der Waals surface area (Å²) in [5.41, 5.74) is 3.01. The number of morpholine rings is 1. The first-order chi connectivity index (χ1) is 13.2. The quantitative estimate of drug-likeness (QED) is 0.821. The Labute approximate surface area is 159 Å². The first-order valence-corrected chi connectivity index (χ1v) is 9.42. The van der Waals surface area contributed by atoms with Crippen molar-refractivity contribution in [1.82, 2.24) is 10.3 Å². The highest BCUT2D eigenvalue weighted by Crippen LogP contribution is 2.42. The third-order valence-corrected chi connectivity index (χ3v) is 5.42. The van der Waals surface area contributed by atoms with Crippen molar-refractivity contribution < 1.29 is 14.3 Å². The van der Waals surface area contributed by atoms with Gasteiger partial charge in [-0.1, -0.05) is 24.3 Å². The number of benzene rings is 1. The summed E-state index contributed by atoms with van der Waals surface area (Å²) in [5.74, 6) is 0.754. The molecule has 1 saturated heterocycles. The van der Waals surface area contributed by atoms with Crippen molar-refractivity contribution in [2.75, 3.05) is 44.9 Å². The van der Waals surface area contributed by atoms with Crippen LogP contribution in [0.3, 0.4) is 0 Å². The molecule has 1 spiro atoms. The average Bonchev–Trinajstić information content (AvgIpc) is 3.06. The Hall–Kier alpha value is -2.44. The number of nitrogens with zero attached hydrogens (tertiary/aromatic N) is 2. The van der Waals surface area contributed by atoms with Gasteiger partial charge in [0, 0.05) is 26.4 Å². The number of nitrogens with one attached hydrogen (secondary N) is 1. The van der Waals surface area contributed by atoms with Crippen LogP contribution in [0.4, 0.5) is 5.82 Å². The van der Waals surface area contributed by atoms with Crippen LogP contribution in [0.25, 0.3) is 0 Å². The lowest BCUT2D eigenvalue weighted by Crippen LogP contribution is -2.49. The highest BCUT2D eigenvalue weighted by Gasteiger charge is 2.43. The van der Waals surface area contributed by atoms with Crippen LogP contribution in [0.2, 0.25) is 0 Å². The minimum atomic E-state index is -0.243. The summed E-state index contributed by atoms with van der Waals surface area (Å²) < 4.78 is 11.2. The van der Waals surface area contributed by atoms with E-state index >= 15 is 0 Å². The Morgan fingerprint density at radius 2 is 2.22 bits per heavy atom. The number of pyridine rings is 1. The minimum Gasteiger partial charge on any atom is -0.383 e. The van der Waals surface area contributed by atoms with Gasteiger partial charge < -0.3 is 19.7 Å². The normalized spacial score (nSPS) is 21.3. The predicted molar refractivity (Wildman–Crippen MR) is 103 cm³/mol. The van der Waals surface area contributed by atoms with Crippen molar-refractivity contribution >= 4 is 11.7 Å². The van der Waals surface area contributed by atoms with Crippen LogP contribution in [0.5, 0.6) is 0 Å². The number of rotatable bonds is 5. The van der Waals surface area contributed by atoms with Gasteiger partial charge >= 0.3 is 0 Å². The lowest BCUT2D eigenvalue weighted by atomic mass is 9.93. The number of anilines is 1. The monoisotopic (exact) mass is 367 g/mol. The second-order valence-electron chi connectivity index (χ2n) is 7.08. The van der Waals surface area contributed by atoms with Gasteiger partial charge in [0.2, 0.25) is 0 Å². The van der Waals surface area contributed by atoms with Gasteiger partial charge in [-0.05, 0) is 36.1 Å². The summed E-state index contributed by atoms with van der Waals surface area (Å²) in [7, 11) is 1.61. The molecule has 1 aliphatic heterocycles. The van der Waals surface area contributed by atoms with Gasteiger partial charge in [0.25, 0.3) is 5.91 Å².